The molecule has 2 N–H and O–H groups in total. The van der Waals surface area contributed by atoms with E-state index in [1.165, 1.54) is 18.2 Å². The number of rotatable bonds is 5. The third-order valence-corrected chi connectivity index (χ3v) is 3.66. The molecule has 0 spiro atoms. The number of halogens is 2. The fourth-order valence-electron chi connectivity index (χ4n) is 2.22. The van der Waals surface area contributed by atoms with Crippen LogP contribution in [0.3, 0.4) is 0 Å². The van der Waals surface area contributed by atoms with Crippen LogP contribution in [0.5, 0.6) is 0 Å². The minimum absolute atomic E-state index is 0.160. The molecule has 0 fully saturated rings. The topological polar surface area (TPSA) is 66.9 Å². The van der Waals surface area contributed by atoms with Gasteiger partial charge >= 0.3 is 0 Å². The summed E-state index contributed by atoms with van der Waals surface area (Å²) in [5, 5.41) is 13.3. The quantitative estimate of drug-likeness (QED) is 0.733. The lowest BCUT2D eigenvalue weighted by atomic mass is 10.1. The zero-order valence-electron chi connectivity index (χ0n) is 14.0. The van der Waals surface area contributed by atoms with Gasteiger partial charge in [-0.3, -0.25) is 4.79 Å². The molecule has 132 valence electrons. The third kappa shape index (κ3) is 4.38. The normalized spacial score (nSPS) is 10.4. The van der Waals surface area contributed by atoms with Crippen molar-refractivity contribution in [2.24, 2.45) is 0 Å². The van der Waals surface area contributed by atoms with Crippen LogP contribution in [-0.2, 0) is 6.54 Å². The summed E-state index contributed by atoms with van der Waals surface area (Å²) >= 11 is 0. The maximum atomic E-state index is 13.2. The van der Waals surface area contributed by atoms with Gasteiger partial charge in [0.1, 0.15) is 0 Å². The molecule has 0 bridgehead atoms. The largest absolute Gasteiger partial charge is 0.347 e. The molecule has 0 saturated heterocycles. The van der Waals surface area contributed by atoms with E-state index in [0.29, 0.717) is 18.1 Å². The molecule has 1 amide bonds. The van der Waals surface area contributed by atoms with Crippen LogP contribution in [0.1, 0.15) is 21.6 Å². The monoisotopic (exact) mass is 354 g/mol. The van der Waals surface area contributed by atoms with Crippen molar-refractivity contribution in [2.45, 2.75) is 13.5 Å². The number of carbonyl (C=O) groups is 1. The van der Waals surface area contributed by atoms with E-state index < -0.39 is 11.6 Å². The lowest BCUT2D eigenvalue weighted by molar-refractivity contribution is 0.0945. The van der Waals surface area contributed by atoms with Crippen LogP contribution in [-0.4, -0.2) is 16.1 Å². The fourth-order valence-corrected chi connectivity index (χ4v) is 2.22. The molecule has 0 aliphatic rings. The molecule has 5 nitrogen and oxygen atoms in total. The van der Waals surface area contributed by atoms with Gasteiger partial charge in [-0.05, 0) is 36.8 Å². The maximum absolute atomic E-state index is 13.2. The van der Waals surface area contributed by atoms with Crippen LogP contribution in [0, 0.1) is 18.6 Å². The first kappa shape index (κ1) is 17.5. The lowest BCUT2D eigenvalue weighted by Gasteiger charge is -2.07. The first-order chi connectivity index (χ1) is 12.5. The molecular formula is C19H16F2N4O. The van der Waals surface area contributed by atoms with Crippen molar-refractivity contribution in [1.82, 2.24) is 15.5 Å². The zero-order valence-corrected chi connectivity index (χ0v) is 14.0. The highest BCUT2D eigenvalue weighted by atomic mass is 19.2. The summed E-state index contributed by atoms with van der Waals surface area (Å²) in [7, 11) is 0. The number of nitrogens with zero attached hydrogens (tertiary/aromatic N) is 2. The molecule has 3 aromatic rings. The number of nitrogens with one attached hydrogen (secondary N) is 2. The first-order valence-electron chi connectivity index (χ1n) is 7.91. The number of benzene rings is 2. The summed E-state index contributed by atoms with van der Waals surface area (Å²) in [5.74, 6) is -1.93. The molecule has 0 saturated carbocycles. The van der Waals surface area contributed by atoms with E-state index in [0.717, 1.165) is 23.3 Å². The Morgan fingerprint density at radius 2 is 1.73 bits per heavy atom. The van der Waals surface area contributed by atoms with Crippen LogP contribution >= 0.6 is 0 Å². The van der Waals surface area contributed by atoms with Crippen molar-refractivity contribution in [1.29, 1.82) is 0 Å². The number of hydrogen-bond donors (Lipinski definition) is 2. The second-order valence-corrected chi connectivity index (χ2v) is 5.73. The maximum Gasteiger partial charge on any atom is 0.272 e. The van der Waals surface area contributed by atoms with Gasteiger partial charge in [-0.2, -0.15) is 0 Å². The molecule has 0 aliphatic carbocycles. The zero-order chi connectivity index (χ0) is 18.5. The Hall–Kier alpha value is -3.35. The van der Waals surface area contributed by atoms with E-state index >= 15 is 0 Å². The second kappa shape index (κ2) is 7.69. The predicted molar refractivity (Wildman–Crippen MR) is 94.0 cm³/mol. The Balaban J connectivity index is 1.60. The second-order valence-electron chi connectivity index (χ2n) is 5.73. The molecule has 7 heteroatoms. The van der Waals surface area contributed by atoms with E-state index in [4.69, 9.17) is 0 Å². The minimum atomic E-state index is -0.963. The third-order valence-electron chi connectivity index (χ3n) is 3.66. The highest BCUT2D eigenvalue weighted by Gasteiger charge is 2.09. The van der Waals surface area contributed by atoms with Gasteiger partial charge in [0.2, 0.25) is 0 Å². The molecule has 3 rings (SSSR count). The summed E-state index contributed by atoms with van der Waals surface area (Å²) in [6.07, 6.45) is 0. The number of aryl methyl sites for hydroxylation is 1. The van der Waals surface area contributed by atoms with E-state index in [1.807, 2.05) is 31.2 Å². The van der Waals surface area contributed by atoms with Crippen molar-refractivity contribution >= 4 is 17.4 Å². The molecule has 1 heterocycles. The van der Waals surface area contributed by atoms with Crippen LogP contribution in [0.2, 0.25) is 0 Å². The standard InChI is InChI=1S/C19H16F2N4O/c1-12-2-4-13(5-3-12)11-22-19(26)17-8-9-18(25-24-17)23-14-6-7-15(20)16(21)10-14/h2-10H,11H2,1H3,(H,22,26)(H,23,25). The number of anilines is 2. The summed E-state index contributed by atoms with van der Waals surface area (Å²) in [4.78, 5) is 12.1. The van der Waals surface area contributed by atoms with Crippen molar-refractivity contribution < 1.29 is 13.6 Å². The number of hydrogen-bond acceptors (Lipinski definition) is 4. The van der Waals surface area contributed by atoms with Crippen LogP contribution in [0.25, 0.3) is 0 Å². The van der Waals surface area contributed by atoms with Crippen molar-refractivity contribution in [2.75, 3.05) is 5.32 Å². The van der Waals surface area contributed by atoms with Gasteiger partial charge in [-0.15, -0.1) is 10.2 Å². The Morgan fingerprint density at radius 1 is 0.962 bits per heavy atom. The highest BCUT2D eigenvalue weighted by molar-refractivity contribution is 5.92. The summed E-state index contributed by atoms with van der Waals surface area (Å²) in [5.41, 5.74) is 2.62. The van der Waals surface area contributed by atoms with Crippen LogP contribution in [0.15, 0.2) is 54.6 Å². The predicted octanol–water partition coefficient (Wildman–Crippen LogP) is 3.74. The average Bonchev–Trinajstić information content (AvgIpc) is 2.65. The van der Waals surface area contributed by atoms with Gasteiger partial charge < -0.3 is 10.6 Å². The number of carbonyl (C=O) groups excluding carboxylic acids is 1. The van der Waals surface area contributed by atoms with E-state index in [9.17, 15) is 13.6 Å². The molecule has 26 heavy (non-hydrogen) atoms. The van der Waals surface area contributed by atoms with Gasteiger partial charge in [0.15, 0.2) is 23.1 Å². The SMILES string of the molecule is Cc1ccc(CNC(=O)c2ccc(Nc3ccc(F)c(F)c3)nn2)cc1. The Morgan fingerprint density at radius 3 is 2.38 bits per heavy atom. The van der Waals surface area contributed by atoms with Gasteiger partial charge in [-0.25, -0.2) is 8.78 Å². The number of aromatic nitrogens is 2. The molecular weight excluding hydrogens is 338 g/mol. The Labute approximate surface area is 149 Å². The van der Waals surface area contributed by atoms with E-state index in [-0.39, 0.29) is 11.6 Å². The van der Waals surface area contributed by atoms with Gasteiger partial charge in [0, 0.05) is 18.3 Å². The molecule has 0 aliphatic heterocycles. The summed E-state index contributed by atoms with van der Waals surface area (Å²) in [6.45, 7) is 2.38. The number of amides is 1. The average molecular weight is 354 g/mol. The summed E-state index contributed by atoms with van der Waals surface area (Å²) in [6, 6.07) is 14.3. The molecule has 1 aromatic heterocycles. The van der Waals surface area contributed by atoms with Gasteiger partial charge in [0.25, 0.3) is 5.91 Å². The van der Waals surface area contributed by atoms with Crippen LogP contribution < -0.4 is 10.6 Å². The van der Waals surface area contributed by atoms with Crippen molar-refractivity contribution in [3.8, 4) is 0 Å². The smallest absolute Gasteiger partial charge is 0.272 e. The lowest BCUT2D eigenvalue weighted by Crippen LogP contribution is -2.24. The first-order valence-corrected chi connectivity index (χ1v) is 7.91. The van der Waals surface area contributed by atoms with Crippen molar-refractivity contribution in [3.05, 3.63) is 83.1 Å². The molecule has 0 unspecified atom stereocenters. The van der Waals surface area contributed by atoms with E-state index in [1.54, 1.807) is 0 Å². The van der Waals surface area contributed by atoms with Gasteiger partial charge in [-0.1, -0.05) is 29.8 Å². The van der Waals surface area contributed by atoms with E-state index in [2.05, 4.69) is 20.8 Å². The highest BCUT2D eigenvalue weighted by Crippen LogP contribution is 2.17. The van der Waals surface area contributed by atoms with Crippen LogP contribution in [0.4, 0.5) is 20.3 Å². The Kier molecular flexibility index (Phi) is 5.17. The van der Waals surface area contributed by atoms with Crippen molar-refractivity contribution in [3.63, 3.8) is 0 Å². The summed E-state index contributed by atoms with van der Waals surface area (Å²) < 4.78 is 26.1. The fraction of sp³-hybridized carbons (Fsp3) is 0.105. The molecule has 2 aromatic carbocycles. The van der Waals surface area contributed by atoms with Gasteiger partial charge in [0.05, 0.1) is 0 Å². The molecule has 0 radical (unpaired) electrons. The molecule has 0 atom stereocenters. The minimum Gasteiger partial charge on any atom is -0.347 e. The Bertz CT molecular complexity index is 912.